The molecule has 1 unspecified atom stereocenters. The molecule has 0 aromatic carbocycles. The molecule has 1 N–H and O–H groups in total. The van der Waals surface area contributed by atoms with E-state index in [9.17, 15) is 0 Å². The second-order valence-electron chi connectivity index (χ2n) is 5.93. The molecule has 1 fully saturated rings. The molecule has 3 heterocycles. The van der Waals surface area contributed by atoms with E-state index in [0.29, 0.717) is 6.04 Å². The topological polar surface area (TPSA) is 45.5 Å². The van der Waals surface area contributed by atoms with Crippen LogP contribution in [-0.2, 0) is 6.54 Å². The van der Waals surface area contributed by atoms with Gasteiger partial charge in [-0.1, -0.05) is 0 Å². The summed E-state index contributed by atoms with van der Waals surface area (Å²) in [5.41, 5.74) is 3.30. The van der Waals surface area contributed by atoms with Gasteiger partial charge in [-0.25, -0.2) is 9.97 Å². The first-order chi connectivity index (χ1) is 9.61. The largest absolute Gasteiger partial charge is 0.313 e. The molecule has 0 spiro atoms. The van der Waals surface area contributed by atoms with Crippen LogP contribution in [0.2, 0.25) is 0 Å². The summed E-state index contributed by atoms with van der Waals surface area (Å²) in [7, 11) is 2.16. The minimum Gasteiger partial charge on any atom is -0.313 e. The molecule has 1 saturated heterocycles. The highest BCUT2D eigenvalue weighted by Gasteiger charge is 2.16. The molecule has 1 atom stereocenters. The fraction of sp³-hybridized carbons (Fsp3) is 0.600. The minimum absolute atomic E-state index is 0.638. The maximum atomic E-state index is 4.64. The summed E-state index contributed by atoms with van der Waals surface area (Å²) >= 11 is 0. The fourth-order valence-electron chi connectivity index (χ4n) is 3.02. The Labute approximate surface area is 120 Å². The lowest BCUT2D eigenvalue weighted by molar-refractivity contribution is 0.290. The highest BCUT2D eigenvalue weighted by molar-refractivity contribution is 5.34. The van der Waals surface area contributed by atoms with Gasteiger partial charge in [0, 0.05) is 36.7 Å². The molecule has 1 aliphatic rings. The molecule has 2 aromatic heterocycles. The SMILES string of the molecule is Cc1cc(C)n2cc(CN(C)CC3CCCN3)nc2n1. The van der Waals surface area contributed by atoms with Crippen LogP contribution < -0.4 is 5.32 Å². The molecule has 0 amide bonds. The predicted molar refractivity (Wildman–Crippen MR) is 79.8 cm³/mol. The van der Waals surface area contributed by atoms with E-state index in [4.69, 9.17) is 0 Å². The van der Waals surface area contributed by atoms with Crippen molar-refractivity contribution in [2.45, 2.75) is 39.3 Å². The number of rotatable bonds is 4. The number of imidazole rings is 1. The van der Waals surface area contributed by atoms with Crippen molar-refractivity contribution < 1.29 is 0 Å². The molecular formula is C15H23N5. The van der Waals surface area contributed by atoms with Crippen LogP contribution in [0.15, 0.2) is 12.3 Å². The summed E-state index contributed by atoms with van der Waals surface area (Å²) in [5, 5.41) is 3.54. The third kappa shape index (κ3) is 2.83. The van der Waals surface area contributed by atoms with E-state index in [0.717, 1.165) is 36.8 Å². The number of hydrogen-bond acceptors (Lipinski definition) is 4. The Morgan fingerprint density at radius 3 is 3.00 bits per heavy atom. The smallest absolute Gasteiger partial charge is 0.234 e. The maximum Gasteiger partial charge on any atom is 0.234 e. The Kier molecular flexibility index (Phi) is 3.72. The van der Waals surface area contributed by atoms with Crippen LogP contribution in [0.5, 0.6) is 0 Å². The quantitative estimate of drug-likeness (QED) is 0.917. The van der Waals surface area contributed by atoms with E-state index < -0.39 is 0 Å². The summed E-state index contributed by atoms with van der Waals surface area (Å²) in [6.07, 6.45) is 4.69. The van der Waals surface area contributed by atoms with E-state index in [1.54, 1.807) is 0 Å². The molecule has 5 heteroatoms. The van der Waals surface area contributed by atoms with Gasteiger partial charge >= 0.3 is 0 Å². The van der Waals surface area contributed by atoms with Crippen molar-refractivity contribution in [1.29, 1.82) is 0 Å². The van der Waals surface area contributed by atoms with E-state index in [-0.39, 0.29) is 0 Å². The molecule has 108 valence electrons. The van der Waals surface area contributed by atoms with Crippen molar-refractivity contribution >= 4 is 5.78 Å². The number of hydrogen-bond donors (Lipinski definition) is 1. The second kappa shape index (κ2) is 5.50. The molecule has 0 radical (unpaired) electrons. The van der Waals surface area contributed by atoms with Gasteiger partial charge in [-0.15, -0.1) is 0 Å². The third-order valence-electron chi connectivity index (χ3n) is 3.94. The minimum atomic E-state index is 0.638. The molecule has 1 aliphatic heterocycles. The van der Waals surface area contributed by atoms with E-state index in [1.165, 1.54) is 18.5 Å². The molecule has 5 nitrogen and oxygen atoms in total. The third-order valence-corrected chi connectivity index (χ3v) is 3.94. The predicted octanol–water partition coefficient (Wildman–Crippen LogP) is 1.53. The van der Waals surface area contributed by atoms with Gasteiger partial charge in [-0.05, 0) is 46.3 Å². The zero-order chi connectivity index (χ0) is 14.1. The zero-order valence-corrected chi connectivity index (χ0v) is 12.6. The second-order valence-corrected chi connectivity index (χ2v) is 5.93. The molecule has 0 aliphatic carbocycles. The van der Waals surface area contributed by atoms with Gasteiger partial charge in [-0.2, -0.15) is 0 Å². The molecule has 2 aromatic rings. The van der Waals surface area contributed by atoms with Gasteiger partial charge in [0.1, 0.15) is 0 Å². The van der Waals surface area contributed by atoms with Gasteiger partial charge in [0.15, 0.2) is 0 Å². The fourth-order valence-corrected chi connectivity index (χ4v) is 3.02. The van der Waals surface area contributed by atoms with Crippen molar-refractivity contribution in [2.75, 3.05) is 20.1 Å². The standard InChI is InChI=1S/C15H23N5/c1-11-7-12(2)20-10-14(18-15(20)17-11)9-19(3)8-13-5-4-6-16-13/h7,10,13,16H,4-6,8-9H2,1-3H3. The van der Waals surface area contributed by atoms with E-state index in [1.807, 2.05) is 6.92 Å². The summed E-state index contributed by atoms with van der Waals surface area (Å²) in [5.74, 6) is 0.810. The van der Waals surface area contributed by atoms with Gasteiger partial charge in [0.05, 0.1) is 5.69 Å². The van der Waals surface area contributed by atoms with Gasteiger partial charge in [-0.3, -0.25) is 9.30 Å². The lowest BCUT2D eigenvalue weighted by atomic mass is 10.2. The molecule has 20 heavy (non-hydrogen) atoms. The van der Waals surface area contributed by atoms with Crippen molar-refractivity contribution in [2.24, 2.45) is 0 Å². The van der Waals surface area contributed by atoms with Crippen LogP contribution in [0, 0.1) is 13.8 Å². The Morgan fingerprint density at radius 2 is 2.25 bits per heavy atom. The lowest BCUT2D eigenvalue weighted by Gasteiger charge is -2.19. The van der Waals surface area contributed by atoms with Crippen LogP contribution in [-0.4, -0.2) is 45.4 Å². The summed E-state index contributed by atoms with van der Waals surface area (Å²) in [6.45, 7) is 7.23. The van der Waals surface area contributed by atoms with Crippen molar-refractivity contribution in [3.05, 3.63) is 29.3 Å². The number of nitrogens with one attached hydrogen (secondary N) is 1. The average Bonchev–Trinajstić information content (AvgIpc) is 2.98. The number of nitrogens with zero attached hydrogens (tertiary/aromatic N) is 4. The average molecular weight is 273 g/mol. The van der Waals surface area contributed by atoms with Crippen molar-refractivity contribution in [3.8, 4) is 0 Å². The number of aromatic nitrogens is 3. The number of fused-ring (bicyclic) bond motifs is 1. The zero-order valence-electron chi connectivity index (χ0n) is 12.6. The number of likely N-dealkylation sites (N-methyl/N-ethyl adjacent to an activating group) is 1. The van der Waals surface area contributed by atoms with Gasteiger partial charge in [0.25, 0.3) is 0 Å². The van der Waals surface area contributed by atoms with Crippen molar-refractivity contribution in [3.63, 3.8) is 0 Å². The normalized spacial score (nSPS) is 19.3. The van der Waals surface area contributed by atoms with Crippen LogP contribution in [0.25, 0.3) is 5.78 Å². The van der Waals surface area contributed by atoms with E-state index in [2.05, 4.69) is 50.8 Å². The van der Waals surface area contributed by atoms with Crippen molar-refractivity contribution in [1.82, 2.24) is 24.6 Å². The molecule has 3 rings (SSSR count). The Morgan fingerprint density at radius 1 is 1.40 bits per heavy atom. The first-order valence-electron chi connectivity index (χ1n) is 7.36. The Balaban J connectivity index is 1.72. The number of aryl methyl sites for hydroxylation is 2. The first kappa shape index (κ1) is 13.5. The summed E-state index contributed by atoms with van der Waals surface area (Å²) in [6, 6.07) is 2.73. The van der Waals surface area contributed by atoms with Gasteiger partial charge < -0.3 is 5.32 Å². The monoisotopic (exact) mass is 273 g/mol. The Bertz CT molecular complexity index is 598. The first-order valence-corrected chi connectivity index (χ1v) is 7.36. The summed E-state index contributed by atoms with van der Waals surface area (Å²) < 4.78 is 2.07. The highest BCUT2D eigenvalue weighted by atomic mass is 15.2. The van der Waals surface area contributed by atoms with E-state index >= 15 is 0 Å². The highest BCUT2D eigenvalue weighted by Crippen LogP contribution is 2.11. The van der Waals surface area contributed by atoms with Crippen LogP contribution in [0.1, 0.15) is 29.9 Å². The maximum absolute atomic E-state index is 4.64. The summed E-state index contributed by atoms with van der Waals surface area (Å²) in [4.78, 5) is 11.5. The van der Waals surface area contributed by atoms with Crippen LogP contribution in [0.4, 0.5) is 0 Å². The van der Waals surface area contributed by atoms with Gasteiger partial charge in [0.2, 0.25) is 5.78 Å². The lowest BCUT2D eigenvalue weighted by Crippen LogP contribution is -2.35. The Hall–Kier alpha value is -1.46. The van der Waals surface area contributed by atoms with Crippen LogP contribution >= 0.6 is 0 Å². The molecule has 0 saturated carbocycles. The van der Waals surface area contributed by atoms with Crippen LogP contribution in [0.3, 0.4) is 0 Å². The molecule has 0 bridgehead atoms. The molecular weight excluding hydrogens is 250 g/mol.